The standard InChI is InChI=1S/C24H24ClN5O4/c1-34-13-20-24(33)29(12-16-2-5-17-19(11-16)27-14-28-23(17)26)8-9-30(20)22(32)7-4-15-3-6-21(31)18(25)10-15/h2-7,10-11,14,20,31H,8-9,12-13H2,1H3,(H2,26,27,28)/t20-/m0/s1. The number of methoxy groups -OCH3 is 1. The Kier molecular flexibility index (Phi) is 6.95. The number of nitrogens with two attached hydrogens (primary N) is 1. The van der Waals surface area contributed by atoms with E-state index in [1.807, 2.05) is 18.2 Å². The maximum atomic E-state index is 13.2. The smallest absolute Gasteiger partial charge is 0.248 e. The lowest BCUT2D eigenvalue weighted by molar-refractivity contribution is -0.152. The lowest BCUT2D eigenvalue weighted by atomic mass is 10.1. The van der Waals surface area contributed by atoms with Crippen LogP contribution in [0.3, 0.4) is 0 Å². The third-order valence-corrected chi connectivity index (χ3v) is 5.99. The molecule has 0 bridgehead atoms. The summed E-state index contributed by atoms with van der Waals surface area (Å²) < 4.78 is 5.25. The van der Waals surface area contributed by atoms with Crippen molar-refractivity contribution in [2.45, 2.75) is 12.6 Å². The van der Waals surface area contributed by atoms with Crippen molar-refractivity contribution in [1.29, 1.82) is 0 Å². The molecule has 2 amide bonds. The van der Waals surface area contributed by atoms with E-state index in [0.717, 1.165) is 10.9 Å². The van der Waals surface area contributed by atoms with Crippen molar-refractivity contribution >= 4 is 46.2 Å². The van der Waals surface area contributed by atoms with Crippen molar-refractivity contribution in [2.75, 3.05) is 32.5 Å². The highest BCUT2D eigenvalue weighted by atomic mass is 35.5. The molecule has 0 radical (unpaired) electrons. The second-order valence-electron chi connectivity index (χ2n) is 7.92. The number of nitrogens with zero attached hydrogens (tertiary/aromatic N) is 4. The van der Waals surface area contributed by atoms with Crippen LogP contribution in [-0.2, 0) is 20.9 Å². The fourth-order valence-corrected chi connectivity index (χ4v) is 4.10. The van der Waals surface area contributed by atoms with Crippen molar-refractivity contribution in [3.8, 4) is 5.75 Å². The highest BCUT2D eigenvalue weighted by molar-refractivity contribution is 6.32. The first-order chi connectivity index (χ1) is 16.4. The molecule has 9 nitrogen and oxygen atoms in total. The Balaban J connectivity index is 1.48. The molecule has 0 unspecified atom stereocenters. The van der Waals surface area contributed by atoms with Gasteiger partial charge in [-0.15, -0.1) is 0 Å². The number of amides is 2. The molecule has 0 saturated carbocycles. The number of benzene rings is 2. The van der Waals surface area contributed by atoms with Crippen molar-refractivity contribution < 1.29 is 19.4 Å². The Bertz CT molecular complexity index is 1270. The first kappa shape index (κ1) is 23.5. The van der Waals surface area contributed by atoms with E-state index in [-0.39, 0.29) is 29.2 Å². The van der Waals surface area contributed by atoms with E-state index in [0.29, 0.717) is 36.5 Å². The number of phenolic OH excluding ortho intramolecular Hbond substituents is 1. The highest BCUT2D eigenvalue weighted by Crippen LogP contribution is 2.25. The summed E-state index contributed by atoms with van der Waals surface area (Å²) in [5, 5.41) is 10.5. The number of fused-ring (bicyclic) bond motifs is 1. The number of carbonyl (C=O) groups is 2. The summed E-state index contributed by atoms with van der Waals surface area (Å²) in [6.45, 7) is 1.21. The zero-order chi connectivity index (χ0) is 24.2. The quantitative estimate of drug-likeness (QED) is 0.518. The Morgan fingerprint density at radius 2 is 2.09 bits per heavy atom. The largest absolute Gasteiger partial charge is 0.506 e. The first-order valence-corrected chi connectivity index (χ1v) is 11.0. The van der Waals surface area contributed by atoms with E-state index < -0.39 is 6.04 Å². The van der Waals surface area contributed by atoms with E-state index >= 15 is 0 Å². The van der Waals surface area contributed by atoms with Gasteiger partial charge in [0.2, 0.25) is 11.8 Å². The monoisotopic (exact) mass is 481 g/mol. The van der Waals surface area contributed by atoms with Crippen LogP contribution in [0.25, 0.3) is 17.0 Å². The number of nitrogen functional groups attached to an aromatic ring is 1. The van der Waals surface area contributed by atoms with Crippen molar-refractivity contribution in [1.82, 2.24) is 19.8 Å². The van der Waals surface area contributed by atoms with Gasteiger partial charge in [-0.3, -0.25) is 9.59 Å². The van der Waals surface area contributed by atoms with Crippen LogP contribution >= 0.6 is 11.6 Å². The first-order valence-electron chi connectivity index (χ1n) is 10.6. The van der Waals surface area contributed by atoms with Gasteiger partial charge in [0, 0.05) is 38.2 Å². The Morgan fingerprint density at radius 3 is 2.85 bits per heavy atom. The summed E-state index contributed by atoms with van der Waals surface area (Å²) in [4.78, 5) is 37.6. The Morgan fingerprint density at radius 1 is 1.26 bits per heavy atom. The fourth-order valence-electron chi connectivity index (χ4n) is 3.91. The summed E-state index contributed by atoms with van der Waals surface area (Å²) in [6, 6.07) is 9.53. The average Bonchev–Trinajstić information content (AvgIpc) is 2.82. The number of carbonyl (C=O) groups excluding carboxylic acids is 2. The second kappa shape index (κ2) is 10.1. The topological polar surface area (TPSA) is 122 Å². The van der Waals surface area contributed by atoms with Gasteiger partial charge in [-0.25, -0.2) is 9.97 Å². The molecule has 2 aromatic carbocycles. The molecule has 10 heteroatoms. The fraction of sp³-hybridized carbons (Fsp3) is 0.250. The average molecular weight is 482 g/mol. The number of rotatable bonds is 6. The van der Waals surface area contributed by atoms with Crippen LogP contribution < -0.4 is 5.73 Å². The maximum Gasteiger partial charge on any atom is 0.248 e. The lowest BCUT2D eigenvalue weighted by Crippen LogP contribution is -2.59. The molecule has 3 N–H and O–H groups in total. The summed E-state index contributed by atoms with van der Waals surface area (Å²) in [6.07, 6.45) is 4.39. The summed E-state index contributed by atoms with van der Waals surface area (Å²) in [5.41, 5.74) is 8.16. The molecule has 176 valence electrons. The number of hydrogen-bond acceptors (Lipinski definition) is 7. The molecule has 1 aliphatic heterocycles. The summed E-state index contributed by atoms with van der Waals surface area (Å²) >= 11 is 5.92. The molecule has 1 saturated heterocycles. The van der Waals surface area contributed by atoms with Crippen molar-refractivity contribution in [3.63, 3.8) is 0 Å². The van der Waals surface area contributed by atoms with Gasteiger partial charge >= 0.3 is 0 Å². The molecule has 0 spiro atoms. The molecule has 2 heterocycles. The highest BCUT2D eigenvalue weighted by Gasteiger charge is 2.36. The van der Waals surface area contributed by atoms with E-state index in [2.05, 4.69) is 9.97 Å². The molecule has 0 aliphatic carbocycles. The van der Waals surface area contributed by atoms with Crippen LogP contribution in [-0.4, -0.2) is 69.5 Å². The van der Waals surface area contributed by atoms with E-state index in [1.165, 1.54) is 30.5 Å². The van der Waals surface area contributed by atoms with Crippen LogP contribution in [0, 0.1) is 0 Å². The predicted molar refractivity (Wildman–Crippen MR) is 129 cm³/mol. The number of phenols is 1. The number of halogens is 1. The predicted octanol–water partition coefficient (Wildman–Crippen LogP) is 2.47. The van der Waals surface area contributed by atoms with Gasteiger partial charge in [0.1, 0.15) is 23.9 Å². The number of piperazine rings is 1. The third kappa shape index (κ3) is 4.95. The van der Waals surface area contributed by atoms with Crippen molar-refractivity contribution in [3.05, 3.63) is 65.0 Å². The third-order valence-electron chi connectivity index (χ3n) is 5.69. The normalized spacial score (nSPS) is 16.5. The molecule has 1 aromatic heterocycles. The summed E-state index contributed by atoms with van der Waals surface area (Å²) in [7, 11) is 1.50. The zero-order valence-corrected chi connectivity index (χ0v) is 19.3. The van der Waals surface area contributed by atoms with Crippen LogP contribution in [0.2, 0.25) is 5.02 Å². The Labute approximate surface area is 201 Å². The van der Waals surface area contributed by atoms with E-state index in [9.17, 15) is 14.7 Å². The SMILES string of the molecule is COC[C@H]1C(=O)N(Cc2ccc3c(N)ncnc3c2)CCN1C(=O)C=Cc1ccc(O)c(Cl)c1. The molecule has 1 atom stereocenters. The van der Waals surface area contributed by atoms with E-state index in [1.54, 1.807) is 23.1 Å². The molecule has 1 fully saturated rings. The van der Waals surface area contributed by atoms with Gasteiger partial charge in [-0.05, 0) is 41.5 Å². The zero-order valence-electron chi connectivity index (χ0n) is 18.5. The molecule has 4 rings (SSSR count). The van der Waals surface area contributed by atoms with Gasteiger partial charge in [-0.1, -0.05) is 23.7 Å². The molecule has 34 heavy (non-hydrogen) atoms. The second-order valence-corrected chi connectivity index (χ2v) is 8.32. The minimum Gasteiger partial charge on any atom is -0.506 e. The number of aromatic hydroxyl groups is 1. The van der Waals surface area contributed by atoms with Crippen molar-refractivity contribution in [2.24, 2.45) is 0 Å². The van der Waals surface area contributed by atoms with Gasteiger partial charge in [0.05, 0.1) is 17.1 Å². The Hall–Kier alpha value is -3.69. The van der Waals surface area contributed by atoms with Gasteiger partial charge in [0.25, 0.3) is 0 Å². The lowest BCUT2D eigenvalue weighted by Gasteiger charge is -2.40. The molecule has 1 aliphatic rings. The summed E-state index contributed by atoms with van der Waals surface area (Å²) in [5.74, 6) is -0.126. The van der Waals surface area contributed by atoms with Gasteiger partial charge < -0.3 is 25.4 Å². The van der Waals surface area contributed by atoms with Crippen LogP contribution in [0.15, 0.2) is 48.8 Å². The number of ether oxygens (including phenoxy) is 1. The van der Waals surface area contributed by atoms with Crippen LogP contribution in [0.1, 0.15) is 11.1 Å². The minimum absolute atomic E-state index is 0.0330. The number of anilines is 1. The van der Waals surface area contributed by atoms with Gasteiger partial charge in [-0.2, -0.15) is 0 Å². The molecule has 3 aromatic rings. The van der Waals surface area contributed by atoms with Gasteiger partial charge in [0.15, 0.2) is 0 Å². The van der Waals surface area contributed by atoms with Crippen LogP contribution in [0.4, 0.5) is 5.82 Å². The molecular weight excluding hydrogens is 458 g/mol. The molecular formula is C24H24ClN5O4. The minimum atomic E-state index is -0.738. The van der Waals surface area contributed by atoms with E-state index in [4.69, 9.17) is 22.1 Å². The maximum absolute atomic E-state index is 13.2. The number of hydrogen-bond donors (Lipinski definition) is 2. The number of aromatic nitrogens is 2. The van der Waals surface area contributed by atoms with Crippen LogP contribution in [0.5, 0.6) is 5.75 Å².